The molecule has 0 radical (unpaired) electrons. The van der Waals surface area contributed by atoms with Crippen LogP contribution in [0, 0.1) is 10.1 Å². The molecule has 0 fully saturated rings. The van der Waals surface area contributed by atoms with Gasteiger partial charge in [-0.2, -0.15) is 0 Å². The average molecular weight is 336 g/mol. The summed E-state index contributed by atoms with van der Waals surface area (Å²) in [7, 11) is 0.0354. The van der Waals surface area contributed by atoms with E-state index in [1.165, 1.54) is 18.2 Å². The lowest BCUT2D eigenvalue weighted by Crippen LogP contribution is -2.41. The Hall–Kier alpha value is -2.42. The standard InChI is InChI=1S/C15H21BN2O6/c1-15(2,3)24-14(20)8-11(17-16-10-19)9-23-13-7-5-4-6-12(13)18(21)22/h4-7,10-11,16-17H,8-9H2,1-3H3/t11-/m1/s1. The first-order chi connectivity index (χ1) is 11.2. The van der Waals surface area contributed by atoms with Gasteiger partial charge in [0.25, 0.3) is 7.41 Å². The molecular weight excluding hydrogens is 315 g/mol. The minimum absolute atomic E-state index is 0.0159. The summed E-state index contributed by atoms with van der Waals surface area (Å²) in [6.45, 7) is 5.24. The summed E-state index contributed by atoms with van der Waals surface area (Å²) in [4.78, 5) is 32.9. The van der Waals surface area contributed by atoms with E-state index >= 15 is 0 Å². The molecular formula is C15H21BN2O6. The van der Waals surface area contributed by atoms with Crippen molar-refractivity contribution in [2.24, 2.45) is 0 Å². The summed E-state index contributed by atoms with van der Waals surface area (Å²) in [5, 5.41) is 13.8. The molecule has 0 bridgehead atoms. The second-order valence-corrected chi connectivity index (χ2v) is 6.10. The molecule has 0 unspecified atom stereocenters. The fourth-order valence-electron chi connectivity index (χ4n) is 1.91. The van der Waals surface area contributed by atoms with Crippen molar-refractivity contribution >= 4 is 25.3 Å². The number of benzene rings is 1. The molecule has 0 aliphatic carbocycles. The second kappa shape index (κ2) is 9.02. The van der Waals surface area contributed by atoms with Gasteiger partial charge in [0.15, 0.2) is 5.75 Å². The zero-order chi connectivity index (χ0) is 18.2. The normalized spacial score (nSPS) is 12.1. The molecule has 0 aliphatic rings. The van der Waals surface area contributed by atoms with Gasteiger partial charge in [0, 0.05) is 12.1 Å². The number of carbonyl (C=O) groups is 2. The molecule has 130 valence electrons. The van der Waals surface area contributed by atoms with E-state index in [4.69, 9.17) is 9.47 Å². The van der Waals surface area contributed by atoms with Gasteiger partial charge in [0.2, 0.25) is 0 Å². The van der Waals surface area contributed by atoms with Crippen LogP contribution in [0.2, 0.25) is 0 Å². The van der Waals surface area contributed by atoms with E-state index in [9.17, 15) is 19.7 Å². The summed E-state index contributed by atoms with van der Waals surface area (Å²) in [6.07, 6.45) is 0.638. The molecule has 1 rings (SSSR count). The molecule has 0 heterocycles. The Morgan fingerprint density at radius 1 is 1.42 bits per heavy atom. The summed E-state index contributed by atoms with van der Waals surface area (Å²) in [5.41, 5.74) is -0.783. The maximum absolute atomic E-state index is 11.9. The average Bonchev–Trinajstić information content (AvgIpc) is 2.48. The molecule has 0 aliphatic heterocycles. The van der Waals surface area contributed by atoms with Crippen LogP contribution in [-0.4, -0.2) is 42.7 Å². The monoisotopic (exact) mass is 336 g/mol. The van der Waals surface area contributed by atoms with E-state index in [-0.39, 0.29) is 31.9 Å². The summed E-state index contributed by atoms with van der Waals surface area (Å²) in [6, 6.07) is 5.45. The zero-order valence-corrected chi connectivity index (χ0v) is 14.0. The van der Waals surface area contributed by atoms with Crippen molar-refractivity contribution in [2.75, 3.05) is 6.61 Å². The van der Waals surface area contributed by atoms with Crippen LogP contribution < -0.4 is 9.96 Å². The lowest BCUT2D eigenvalue weighted by atomic mass is 9.96. The molecule has 8 nitrogen and oxygen atoms in total. The lowest BCUT2D eigenvalue weighted by molar-refractivity contribution is -0.385. The van der Waals surface area contributed by atoms with Crippen LogP contribution in [0.5, 0.6) is 5.75 Å². The highest BCUT2D eigenvalue weighted by Gasteiger charge is 2.22. The molecule has 0 saturated heterocycles. The Kier molecular flexibility index (Phi) is 7.38. The van der Waals surface area contributed by atoms with Crippen LogP contribution in [0.15, 0.2) is 24.3 Å². The molecule has 0 aromatic heterocycles. The van der Waals surface area contributed by atoms with Crippen molar-refractivity contribution in [1.82, 2.24) is 5.23 Å². The van der Waals surface area contributed by atoms with E-state index < -0.39 is 22.5 Å². The predicted octanol–water partition coefficient (Wildman–Crippen LogP) is 1.21. The third kappa shape index (κ3) is 7.23. The Morgan fingerprint density at radius 3 is 2.67 bits per heavy atom. The van der Waals surface area contributed by atoms with Crippen molar-refractivity contribution in [3.63, 3.8) is 0 Å². The van der Waals surface area contributed by atoms with Gasteiger partial charge in [-0.15, -0.1) is 0 Å². The number of ether oxygens (including phenoxy) is 2. The SMILES string of the molecule is CC(C)(C)OC(=O)C[C@H](COc1ccccc1[N+](=O)[O-])NBC=O. The van der Waals surface area contributed by atoms with Crippen molar-refractivity contribution in [1.29, 1.82) is 0 Å². The lowest BCUT2D eigenvalue weighted by Gasteiger charge is -2.22. The van der Waals surface area contributed by atoms with Gasteiger partial charge in [0.05, 0.1) is 17.5 Å². The van der Waals surface area contributed by atoms with Crippen LogP contribution in [0.4, 0.5) is 5.69 Å². The van der Waals surface area contributed by atoms with Crippen LogP contribution >= 0.6 is 0 Å². The summed E-state index contributed by atoms with van der Waals surface area (Å²) in [5.74, 6) is -0.346. The van der Waals surface area contributed by atoms with E-state index in [0.717, 1.165) is 0 Å². The number of hydrogen-bond donors (Lipinski definition) is 1. The molecule has 1 aromatic carbocycles. The third-order valence-electron chi connectivity index (χ3n) is 2.82. The van der Waals surface area contributed by atoms with Gasteiger partial charge in [-0.3, -0.25) is 14.9 Å². The highest BCUT2D eigenvalue weighted by Crippen LogP contribution is 2.26. The number of nitrogens with zero attached hydrogens (tertiary/aromatic N) is 1. The Morgan fingerprint density at radius 2 is 2.08 bits per heavy atom. The Labute approximate surface area is 140 Å². The third-order valence-corrected chi connectivity index (χ3v) is 2.82. The minimum Gasteiger partial charge on any atom is -0.485 e. The Bertz CT molecular complexity index is 588. The number of nitrogens with one attached hydrogen (secondary N) is 1. The summed E-state index contributed by atoms with van der Waals surface area (Å²) < 4.78 is 10.7. The molecule has 0 spiro atoms. The highest BCUT2D eigenvalue weighted by atomic mass is 16.6. The molecule has 1 aromatic rings. The van der Waals surface area contributed by atoms with Gasteiger partial charge >= 0.3 is 11.7 Å². The van der Waals surface area contributed by atoms with Crippen LogP contribution in [0.1, 0.15) is 27.2 Å². The zero-order valence-electron chi connectivity index (χ0n) is 14.0. The molecule has 1 atom stereocenters. The van der Waals surface area contributed by atoms with E-state index in [1.807, 2.05) is 0 Å². The fraction of sp³-hybridized carbons (Fsp3) is 0.467. The Balaban J connectivity index is 2.71. The second-order valence-electron chi connectivity index (χ2n) is 6.10. The first-order valence-corrected chi connectivity index (χ1v) is 7.48. The number of hydrogen-bond acceptors (Lipinski definition) is 7. The molecule has 0 saturated carbocycles. The van der Waals surface area contributed by atoms with E-state index in [1.54, 1.807) is 26.8 Å². The molecule has 0 amide bonds. The topological polar surface area (TPSA) is 108 Å². The largest absolute Gasteiger partial charge is 0.485 e. The van der Waals surface area contributed by atoms with Crippen LogP contribution in [0.3, 0.4) is 0 Å². The van der Waals surface area contributed by atoms with Crippen molar-refractivity contribution < 1.29 is 24.0 Å². The van der Waals surface area contributed by atoms with Crippen molar-refractivity contribution in [3.05, 3.63) is 34.4 Å². The van der Waals surface area contributed by atoms with Gasteiger partial charge < -0.3 is 19.5 Å². The first-order valence-electron chi connectivity index (χ1n) is 7.48. The number of para-hydroxylation sites is 2. The fourth-order valence-corrected chi connectivity index (χ4v) is 1.91. The van der Waals surface area contributed by atoms with E-state index in [0.29, 0.717) is 6.19 Å². The van der Waals surface area contributed by atoms with Crippen LogP contribution in [0.25, 0.3) is 0 Å². The van der Waals surface area contributed by atoms with E-state index in [2.05, 4.69) is 5.23 Å². The van der Waals surface area contributed by atoms with Gasteiger partial charge in [0.1, 0.15) is 12.2 Å². The maximum atomic E-state index is 11.9. The molecule has 9 heteroatoms. The predicted molar refractivity (Wildman–Crippen MR) is 89.9 cm³/mol. The number of nitro benzene ring substituents is 1. The first kappa shape index (κ1) is 19.6. The van der Waals surface area contributed by atoms with Gasteiger partial charge in [-0.25, -0.2) is 0 Å². The highest BCUT2D eigenvalue weighted by molar-refractivity contribution is 6.64. The van der Waals surface area contributed by atoms with Crippen molar-refractivity contribution in [2.45, 2.75) is 38.8 Å². The van der Waals surface area contributed by atoms with Gasteiger partial charge in [-0.1, -0.05) is 12.1 Å². The van der Waals surface area contributed by atoms with Gasteiger partial charge in [-0.05, 0) is 26.8 Å². The molecule has 1 N–H and O–H groups in total. The quantitative estimate of drug-likeness (QED) is 0.237. The smallest absolute Gasteiger partial charge is 0.310 e. The number of esters is 1. The minimum atomic E-state index is -0.620. The maximum Gasteiger partial charge on any atom is 0.310 e. The summed E-state index contributed by atoms with van der Waals surface area (Å²) >= 11 is 0. The number of nitro groups is 1. The number of carbonyl (C=O) groups excluding carboxylic acids is 2. The number of rotatable bonds is 9. The van der Waals surface area contributed by atoms with Crippen LogP contribution in [-0.2, 0) is 14.3 Å². The molecule has 24 heavy (non-hydrogen) atoms. The van der Waals surface area contributed by atoms with Crippen molar-refractivity contribution in [3.8, 4) is 5.75 Å².